The third-order valence-corrected chi connectivity index (χ3v) is 5.52. The number of amides is 1. The molecular weight excluding hydrogens is 362 g/mol. The number of carbonyl (C=O) groups is 1. The Bertz CT molecular complexity index is 711. The predicted octanol–water partition coefficient (Wildman–Crippen LogP) is 2.31. The maximum Gasteiger partial charge on any atom is 0.410 e. The molecule has 1 amide bonds. The van der Waals surface area contributed by atoms with E-state index in [1.165, 1.54) is 11.9 Å². The highest BCUT2D eigenvalue weighted by Gasteiger charge is 2.35. The third-order valence-electron chi connectivity index (χ3n) is 5.02. The number of hydrogen-bond donors (Lipinski definition) is 1. The van der Waals surface area contributed by atoms with Crippen LogP contribution < -0.4 is 9.62 Å². The molecule has 150 valence electrons. The van der Waals surface area contributed by atoms with Gasteiger partial charge in [0.2, 0.25) is 0 Å². The number of ether oxygens (including phenoxy) is 1. The van der Waals surface area contributed by atoms with Crippen molar-refractivity contribution in [3.8, 4) is 0 Å². The first kappa shape index (κ1) is 20.1. The van der Waals surface area contributed by atoms with Crippen molar-refractivity contribution in [3.63, 3.8) is 0 Å². The molecule has 3 rings (SSSR count). The molecule has 0 saturated carbocycles. The van der Waals surface area contributed by atoms with Crippen LogP contribution in [0.1, 0.15) is 39.8 Å². The molecule has 1 aromatic rings. The van der Waals surface area contributed by atoms with Gasteiger partial charge in [-0.2, -0.15) is 5.10 Å². The Morgan fingerprint density at radius 2 is 2.19 bits per heavy atom. The van der Waals surface area contributed by atoms with Gasteiger partial charge < -0.3 is 9.64 Å². The molecule has 2 atom stereocenters. The summed E-state index contributed by atoms with van der Waals surface area (Å²) in [6.07, 6.45) is 4.74. The van der Waals surface area contributed by atoms with Crippen molar-refractivity contribution >= 4 is 23.7 Å². The second-order valence-electron chi connectivity index (χ2n) is 8.45. The number of rotatable bonds is 4. The van der Waals surface area contributed by atoms with Gasteiger partial charge in [0.05, 0.1) is 48.7 Å². The van der Waals surface area contributed by atoms with Crippen LogP contribution in [0.5, 0.6) is 0 Å². The van der Waals surface area contributed by atoms with Gasteiger partial charge in [0.1, 0.15) is 11.9 Å². The minimum Gasteiger partial charge on any atom is -0.444 e. The molecule has 2 aliphatic rings. The summed E-state index contributed by atoms with van der Waals surface area (Å²) < 4.78 is 11.0. The summed E-state index contributed by atoms with van der Waals surface area (Å²) in [5, 5.41) is 4.58. The van der Waals surface area contributed by atoms with Crippen LogP contribution in [-0.2, 0) is 29.8 Å². The quantitative estimate of drug-likeness (QED) is 0.627. The van der Waals surface area contributed by atoms with Crippen molar-refractivity contribution in [2.45, 2.75) is 58.8 Å². The smallest absolute Gasteiger partial charge is 0.410 e. The molecule has 0 aliphatic carbocycles. The van der Waals surface area contributed by atoms with Crippen LogP contribution in [0.3, 0.4) is 0 Å². The van der Waals surface area contributed by atoms with Crippen molar-refractivity contribution in [2.75, 3.05) is 24.2 Å². The van der Waals surface area contributed by atoms with E-state index in [4.69, 9.17) is 4.74 Å². The zero-order valence-corrected chi connectivity index (χ0v) is 17.9. The van der Waals surface area contributed by atoms with Gasteiger partial charge in [0.15, 0.2) is 0 Å². The molecule has 27 heavy (non-hydrogen) atoms. The van der Waals surface area contributed by atoms with Crippen LogP contribution in [0, 0.1) is 5.92 Å². The fraction of sp³-hybridized carbons (Fsp3) is 0.684. The molecular formula is C19H32N5O2S+. The molecule has 1 unspecified atom stereocenters. The van der Waals surface area contributed by atoms with E-state index in [-0.39, 0.29) is 12.1 Å². The van der Waals surface area contributed by atoms with Gasteiger partial charge >= 0.3 is 6.09 Å². The zero-order chi connectivity index (χ0) is 19.8. The number of hydrogen-bond acceptors (Lipinski definition) is 5. The van der Waals surface area contributed by atoms with Crippen molar-refractivity contribution in [3.05, 3.63) is 24.2 Å². The number of anilines is 1. The Labute approximate surface area is 166 Å². The fourth-order valence-electron chi connectivity index (χ4n) is 3.70. The van der Waals surface area contributed by atoms with E-state index in [0.717, 1.165) is 36.6 Å². The Morgan fingerprint density at radius 1 is 1.44 bits per heavy atom. The van der Waals surface area contributed by atoms with Gasteiger partial charge in [-0.1, -0.05) is 6.58 Å². The van der Waals surface area contributed by atoms with E-state index in [2.05, 4.69) is 27.6 Å². The van der Waals surface area contributed by atoms with Gasteiger partial charge in [0.25, 0.3) is 0 Å². The molecule has 1 N–H and O–H groups in total. The molecule has 1 fully saturated rings. The third kappa shape index (κ3) is 4.43. The summed E-state index contributed by atoms with van der Waals surface area (Å²) in [6.45, 7) is 15.1. The van der Waals surface area contributed by atoms with E-state index in [0.29, 0.717) is 19.0 Å². The van der Waals surface area contributed by atoms with Crippen LogP contribution >= 0.6 is 0 Å². The van der Waals surface area contributed by atoms with Crippen LogP contribution in [0.15, 0.2) is 18.5 Å². The summed E-state index contributed by atoms with van der Waals surface area (Å²) in [5.74, 6) is 0.546. The Kier molecular flexibility index (Phi) is 5.76. The number of allylic oxidation sites excluding steroid dienone is 1. The molecule has 7 nitrogen and oxygen atoms in total. The lowest BCUT2D eigenvalue weighted by Gasteiger charge is -2.36. The fourth-order valence-corrected chi connectivity index (χ4v) is 4.14. The second-order valence-corrected chi connectivity index (χ2v) is 9.21. The normalized spacial score (nSPS) is 22.9. The maximum absolute atomic E-state index is 12.7. The lowest BCUT2D eigenvalue weighted by molar-refractivity contribution is 0.00913. The van der Waals surface area contributed by atoms with Crippen molar-refractivity contribution in [2.24, 2.45) is 5.92 Å². The number of aromatic nitrogens is 2. The average Bonchev–Trinajstić information content (AvgIpc) is 3.13. The second kappa shape index (κ2) is 7.75. The van der Waals surface area contributed by atoms with E-state index >= 15 is 0 Å². The zero-order valence-electron chi connectivity index (χ0n) is 17.0. The minimum absolute atomic E-state index is 0.0439. The predicted molar refractivity (Wildman–Crippen MR) is 111 cm³/mol. The molecule has 8 heteroatoms. The van der Waals surface area contributed by atoms with E-state index in [1.54, 1.807) is 4.90 Å². The Balaban J connectivity index is 1.77. The molecule has 1 aromatic heterocycles. The standard InChI is InChI=1S/C19H31N5O2S/c1-13-7-15(8-21-27-6)11-22(13)16-9-20-24-10-14(2)23(12-17(16)24)18(25)26-19(3,4)5/h9,14-15,21H,1,7-8,10-12H2,2-6H3/p+1/t14-,15?/m0/s1. The molecule has 3 heterocycles. The Hall–Kier alpha value is -1.67. The van der Waals surface area contributed by atoms with E-state index < -0.39 is 5.60 Å². The summed E-state index contributed by atoms with van der Waals surface area (Å²) in [5.41, 5.74) is 2.74. The number of fused-ring (bicyclic) bond motifs is 1. The number of nitrogens with one attached hydrogen (secondary N) is 1. The van der Waals surface area contributed by atoms with Crippen LogP contribution in [0.4, 0.5) is 10.5 Å². The SMILES string of the molecule is C=C1CC(CN[SH+]C)CN1c1cnn2c1CN(C(=O)OC(C)(C)C)[C@@H](C)C2. The Morgan fingerprint density at radius 3 is 2.85 bits per heavy atom. The van der Waals surface area contributed by atoms with Crippen LogP contribution in [0.25, 0.3) is 0 Å². The summed E-state index contributed by atoms with van der Waals surface area (Å²) in [7, 11) is 0. The molecule has 2 aliphatic heterocycles. The summed E-state index contributed by atoms with van der Waals surface area (Å²) >= 11 is 1.20. The molecule has 1 saturated heterocycles. The van der Waals surface area contributed by atoms with E-state index in [1.807, 2.05) is 38.6 Å². The highest BCUT2D eigenvalue weighted by atomic mass is 32.2. The topological polar surface area (TPSA) is 62.6 Å². The highest BCUT2D eigenvalue weighted by molar-refractivity contribution is 7.75. The number of nitrogens with zero attached hydrogens (tertiary/aromatic N) is 4. The maximum atomic E-state index is 12.7. The highest BCUT2D eigenvalue weighted by Crippen LogP contribution is 2.35. The monoisotopic (exact) mass is 394 g/mol. The molecule has 0 bridgehead atoms. The lowest BCUT2D eigenvalue weighted by atomic mass is 10.1. The minimum atomic E-state index is -0.501. The first-order valence-electron chi connectivity index (χ1n) is 9.51. The lowest BCUT2D eigenvalue weighted by Crippen LogP contribution is -2.47. The van der Waals surface area contributed by atoms with Crippen LogP contribution in [0.2, 0.25) is 0 Å². The van der Waals surface area contributed by atoms with Crippen molar-refractivity contribution < 1.29 is 9.53 Å². The number of thiol groups is 1. The first-order valence-corrected chi connectivity index (χ1v) is 10.8. The van der Waals surface area contributed by atoms with Gasteiger partial charge in [-0.05, 0) is 40.0 Å². The summed E-state index contributed by atoms with van der Waals surface area (Å²) in [4.78, 5) is 16.7. The van der Waals surface area contributed by atoms with Gasteiger partial charge in [0, 0.05) is 18.8 Å². The van der Waals surface area contributed by atoms with Crippen molar-refractivity contribution in [1.82, 2.24) is 19.4 Å². The largest absolute Gasteiger partial charge is 0.444 e. The van der Waals surface area contributed by atoms with Gasteiger partial charge in [-0.3, -0.25) is 9.58 Å². The molecule has 0 radical (unpaired) electrons. The van der Waals surface area contributed by atoms with Crippen molar-refractivity contribution in [1.29, 1.82) is 0 Å². The van der Waals surface area contributed by atoms with Gasteiger partial charge in [-0.25, -0.2) is 4.79 Å². The average molecular weight is 395 g/mol. The van der Waals surface area contributed by atoms with E-state index in [9.17, 15) is 4.79 Å². The number of carbonyl (C=O) groups excluding carboxylic acids is 1. The molecule has 0 aromatic carbocycles. The van der Waals surface area contributed by atoms with Gasteiger partial charge in [-0.15, -0.1) is 4.72 Å². The summed E-state index contributed by atoms with van der Waals surface area (Å²) in [6, 6.07) is 0.0439. The van der Waals surface area contributed by atoms with Crippen LogP contribution in [-0.4, -0.2) is 51.8 Å². The molecule has 0 spiro atoms. The first-order chi connectivity index (χ1) is 12.7.